The van der Waals surface area contributed by atoms with Crippen LogP contribution >= 0.6 is 8.09 Å². The molecular formula is C22H33FN3O6P. The molecule has 1 aromatic carbocycles. The minimum absolute atomic E-state index is 0.119. The number of ether oxygens (including phenoxy) is 1. The first-order chi connectivity index (χ1) is 15.4. The Morgan fingerprint density at radius 2 is 1.94 bits per heavy atom. The van der Waals surface area contributed by atoms with Crippen LogP contribution in [0.1, 0.15) is 40.8 Å². The van der Waals surface area contributed by atoms with Gasteiger partial charge in [0.1, 0.15) is 0 Å². The molecule has 184 valence electrons. The van der Waals surface area contributed by atoms with Crippen LogP contribution < -0.4 is 20.9 Å². The molecule has 1 saturated heterocycles. The van der Waals surface area contributed by atoms with Gasteiger partial charge in [0.2, 0.25) is 0 Å². The molecule has 1 fully saturated rings. The molecule has 0 spiro atoms. The van der Waals surface area contributed by atoms with Crippen molar-refractivity contribution in [2.75, 3.05) is 6.61 Å². The summed E-state index contributed by atoms with van der Waals surface area (Å²) in [5.74, 6) is -0.0541. The molecule has 0 radical (unpaired) electrons. The van der Waals surface area contributed by atoms with E-state index in [-0.39, 0.29) is 18.6 Å². The van der Waals surface area contributed by atoms with E-state index in [0.717, 1.165) is 10.6 Å². The zero-order valence-corrected chi connectivity index (χ0v) is 20.4. The van der Waals surface area contributed by atoms with Gasteiger partial charge in [-0.15, -0.1) is 0 Å². The van der Waals surface area contributed by atoms with Crippen LogP contribution in [0, 0.1) is 11.8 Å². The molecule has 0 bridgehead atoms. The number of nitrogens with one attached hydrogen (secondary N) is 2. The number of aromatic nitrogens is 2. The first-order valence-corrected chi connectivity index (χ1v) is 12.7. The molecule has 0 amide bonds. The predicted octanol–water partition coefficient (Wildman–Crippen LogP) is 2.93. The predicted molar refractivity (Wildman–Crippen MR) is 125 cm³/mol. The summed E-state index contributed by atoms with van der Waals surface area (Å²) >= 11 is 0. The van der Waals surface area contributed by atoms with Crippen molar-refractivity contribution in [2.24, 2.45) is 11.8 Å². The maximum atomic E-state index is 15.6. The fourth-order valence-electron chi connectivity index (χ4n) is 3.54. The minimum atomic E-state index is -3.95. The van der Waals surface area contributed by atoms with Gasteiger partial charge in [-0.2, -0.15) is 0 Å². The van der Waals surface area contributed by atoms with E-state index in [1.165, 1.54) is 13.1 Å². The Bertz CT molecular complexity index is 1050. The fraction of sp³-hybridized carbons (Fsp3) is 0.545. The Balaban J connectivity index is 1.79. The molecule has 33 heavy (non-hydrogen) atoms. The number of nitrogens with zero attached hydrogens (tertiary/aromatic N) is 1. The summed E-state index contributed by atoms with van der Waals surface area (Å²) in [6.45, 7) is 8.72. The van der Waals surface area contributed by atoms with Crippen molar-refractivity contribution in [2.45, 2.75) is 58.7 Å². The summed E-state index contributed by atoms with van der Waals surface area (Å²) in [6, 6.07) is 9.80. The van der Waals surface area contributed by atoms with Crippen LogP contribution in [0.2, 0.25) is 0 Å². The van der Waals surface area contributed by atoms with Gasteiger partial charge in [0.05, 0.1) is 0 Å². The Morgan fingerprint density at radius 1 is 1.27 bits per heavy atom. The second-order valence-electron chi connectivity index (χ2n) is 8.97. The summed E-state index contributed by atoms with van der Waals surface area (Å²) in [7, 11) is -3.95. The van der Waals surface area contributed by atoms with Gasteiger partial charge in [0.15, 0.2) is 0 Å². The van der Waals surface area contributed by atoms with E-state index < -0.39 is 43.3 Å². The van der Waals surface area contributed by atoms with E-state index in [4.69, 9.17) is 13.8 Å². The van der Waals surface area contributed by atoms with E-state index in [0.29, 0.717) is 5.75 Å². The Labute approximate surface area is 192 Å². The van der Waals surface area contributed by atoms with Crippen molar-refractivity contribution in [3.63, 3.8) is 0 Å². The monoisotopic (exact) mass is 485 g/mol. The number of halogens is 1. The third kappa shape index (κ3) is 5.88. The van der Waals surface area contributed by atoms with E-state index in [9.17, 15) is 14.5 Å². The quantitative estimate of drug-likeness (QED) is 0.468. The first-order valence-electron chi connectivity index (χ1n) is 11.0. The topological polar surface area (TPSA) is 115 Å². The standard InChI is InChI=1S/C22H33FN3O6P/c1-14(2)16(4)25-33(29,32-17-9-7-6-8-10-17)30-13-18-15(3)22(5,23)20(31-18)26-12-11-19(27)24-21(26)28/h6-12,14-16,18,20,25,29,33H,13H2,1-5H3,(H,24,27,28)/t15-,16+,18-,20-,22-/m1/s1. The molecule has 0 saturated carbocycles. The van der Waals surface area contributed by atoms with Crippen molar-refractivity contribution < 1.29 is 23.1 Å². The van der Waals surface area contributed by atoms with E-state index >= 15 is 4.39 Å². The van der Waals surface area contributed by atoms with Crippen LogP contribution in [-0.4, -0.2) is 38.9 Å². The van der Waals surface area contributed by atoms with Gasteiger partial charge in [-0.1, -0.05) is 0 Å². The Hall–Kier alpha value is -2.10. The SMILES string of the molecule is CC(C)[C@H](C)N[PH](O)(OC[C@H]1O[C@@H](n2ccc(=O)[nH]c2=O)[C@](C)(F)[C@@H]1C)Oc1ccccc1. The van der Waals surface area contributed by atoms with Crippen LogP contribution in [0.3, 0.4) is 0 Å². The van der Waals surface area contributed by atoms with E-state index in [1.807, 2.05) is 26.8 Å². The van der Waals surface area contributed by atoms with Gasteiger partial charge >= 0.3 is 192 Å². The summed E-state index contributed by atoms with van der Waals surface area (Å²) < 4.78 is 34.2. The van der Waals surface area contributed by atoms with Crippen molar-refractivity contribution in [3.8, 4) is 5.75 Å². The van der Waals surface area contributed by atoms with Crippen molar-refractivity contribution in [1.29, 1.82) is 0 Å². The third-order valence-electron chi connectivity index (χ3n) is 6.19. The second-order valence-corrected chi connectivity index (χ2v) is 10.9. The second kappa shape index (κ2) is 10.0. The van der Waals surface area contributed by atoms with Crippen LogP contribution in [0.5, 0.6) is 5.75 Å². The van der Waals surface area contributed by atoms with Crippen molar-refractivity contribution >= 4 is 8.09 Å². The zero-order chi connectivity index (χ0) is 24.4. The fourth-order valence-corrected chi connectivity index (χ4v) is 5.49. The van der Waals surface area contributed by atoms with Crippen LogP contribution in [0.4, 0.5) is 4.39 Å². The molecule has 2 aromatic rings. The average molecular weight is 485 g/mol. The third-order valence-corrected chi connectivity index (χ3v) is 8.08. The normalized spacial score (nSPS) is 27.0. The molecule has 2 heterocycles. The molecule has 11 heteroatoms. The van der Waals surface area contributed by atoms with Crippen molar-refractivity contribution in [3.05, 3.63) is 63.4 Å². The van der Waals surface area contributed by atoms with Crippen LogP contribution in [0.15, 0.2) is 52.2 Å². The van der Waals surface area contributed by atoms with E-state index in [1.54, 1.807) is 31.2 Å². The number of H-pyrrole nitrogens is 1. The Morgan fingerprint density at radius 3 is 2.55 bits per heavy atom. The van der Waals surface area contributed by atoms with E-state index in [2.05, 4.69) is 10.1 Å². The number of aromatic amines is 1. The van der Waals surface area contributed by atoms with Gasteiger partial charge in [-0.25, -0.2) is 0 Å². The number of hydrogen-bond acceptors (Lipinski definition) is 7. The number of hydrogen-bond donors (Lipinski definition) is 3. The van der Waals surface area contributed by atoms with Crippen LogP contribution in [0.25, 0.3) is 0 Å². The molecule has 0 unspecified atom stereocenters. The molecular weight excluding hydrogens is 452 g/mol. The van der Waals surface area contributed by atoms with Gasteiger partial charge < -0.3 is 0 Å². The number of rotatable bonds is 9. The molecule has 1 aliphatic rings. The van der Waals surface area contributed by atoms with Gasteiger partial charge in [-0.3, -0.25) is 0 Å². The first kappa shape index (κ1) is 25.5. The summed E-state index contributed by atoms with van der Waals surface area (Å²) in [4.78, 5) is 36.9. The average Bonchev–Trinajstić information content (AvgIpc) is 2.96. The van der Waals surface area contributed by atoms with Crippen molar-refractivity contribution in [1.82, 2.24) is 14.6 Å². The number of alkyl halides is 1. The summed E-state index contributed by atoms with van der Waals surface area (Å²) in [5.41, 5.74) is -3.28. The number of para-hydroxylation sites is 1. The molecule has 1 aromatic heterocycles. The molecule has 3 rings (SSSR count). The molecule has 0 aliphatic carbocycles. The molecule has 9 nitrogen and oxygen atoms in total. The van der Waals surface area contributed by atoms with Gasteiger partial charge in [0.25, 0.3) is 0 Å². The Kier molecular flexibility index (Phi) is 7.76. The molecule has 3 N–H and O–H groups in total. The maximum absolute atomic E-state index is 15.6. The molecule has 1 aliphatic heterocycles. The van der Waals surface area contributed by atoms with Crippen LogP contribution in [-0.2, 0) is 9.26 Å². The molecule has 5 atom stereocenters. The number of benzene rings is 1. The zero-order valence-electron chi connectivity index (χ0n) is 19.4. The van der Waals surface area contributed by atoms with Gasteiger partial charge in [-0.05, 0) is 0 Å². The summed E-state index contributed by atoms with van der Waals surface area (Å²) in [5, 5.41) is 3.06. The van der Waals surface area contributed by atoms with Gasteiger partial charge in [0, 0.05) is 0 Å². The summed E-state index contributed by atoms with van der Waals surface area (Å²) in [6.07, 6.45) is -0.842.